The molecule has 70 valence electrons. The minimum absolute atomic E-state index is 0.0400. The van der Waals surface area contributed by atoms with E-state index >= 15 is 0 Å². The first kappa shape index (κ1) is 8.70. The number of fused-ring (bicyclic) bond motifs is 1. The number of nitrogens with two attached hydrogens (primary N) is 1. The average Bonchev–Trinajstić information content (AvgIpc) is 2.07. The first-order valence-electron chi connectivity index (χ1n) is 4.73. The largest absolute Gasteiger partial charge is 0.324 e. The number of hydrogen-bond acceptors (Lipinski definition) is 1. The van der Waals surface area contributed by atoms with Crippen LogP contribution < -0.4 is 5.73 Å². The second-order valence-electron chi connectivity index (χ2n) is 3.81. The molecule has 0 unspecified atom stereocenters. The summed E-state index contributed by atoms with van der Waals surface area (Å²) in [5.41, 5.74) is 8.74. The Morgan fingerprint density at radius 2 is 2.23 bits per heavy atom. The van der Waals surface area contributed by atoms with Crippen LogP contribution in [0.25, 0.3) is 0 Å². The van der Waals surface area contributed by atoms with Crippen LogP contribution >= 0.6 is 0 Å². The Morgan fingerprint density at radius 3 is 3.00 bits per heavy atom. The molecule has 0 radical (unpaired) electrons. The predicted octanol–water partition coefficient (Wildman–Crippen LogP) is 2.47. The van der Waals surface area contributed by atoms with Crippen LogP contribution in [0.2, 0.25) is 0 Å². The molecule has 0 fully saturated rings. The van der Waals surface area contributed by atoms with Gasteiger partial charge in [-0.05, 0) is 48.9 Å². The Labute approximate surface area is 77.8 Å². The fourth-order valence-electron chi connectivity index (χ4n) is 2.05. The van der Waals surface area contributed by atoms with E-state index in [1.54, 1.807) is 6.07 Å². The molecule has 0 spiro atoms. The molecular weight excluding hydrogens is 165 g/mol. The zero-order valence-corrected chi connectivity index (χ0v) is 7.81. The van der Waals surface area contributed by atoms with E-state index in [1.165, 1.54) is 0 Å². The second kappa shape index (κ2) is 3.11. The molecule has 0 aromatic heterocycles. The summed E-state index contributed by atoms with van der Waals surface area (Å²) in [6.07, 6.45) is 2.83. The molecule has 2 heteroatoms. The molecule has 1 aromatic carbocycles. The van der Waals surface area contributed by atoms with Gasteiger partial charge >= 0.3 is 0 Å². The lowest BCUT2D eigenvalue weighted by atomic mass is 9.87. The third-order valence-corrected chi connectivity index (χ3v) is 2.72. The van der Waals surface area contributed by atoms with Gasteiger partial charge in [-0.1, -0.05) is 6.07 Å². The fraction of sp³-hybridized carbons (Fsp3) is 0.455. The van der Waals surface area contributed by atoms with Gasteiger partial charge in [0.1, 0.15) is 5.82 Å². The van der Waals surface area contributed by atoms with Crippen molar-refractivity contribution in [3.63, 3.8) is 0 Å². The highest BCUT2D eigenvalue weighted by atomic mass is 19.1. The topological polar surface area (TPSA) is 26.0 Å². The normalized spacial score (nSPS) is 21.3. The van der Waals surface area contributed by atoms with E-state index in [1.807, 2.05) is 13.0 Å². The predicted molar refractivity (Wildman–Crippen MR) is 51.0 cm³/mol. The van der Waals surface area contributed by atoms with Gasteiger partial charge in [0, 0.05) is 6.04 Å². The average molecular weight is 179 g/mol. The minimum atomic E-state index is -0.0786. The van der Waals surface area contributed by atoms with Gasteiger partial charge in [0.15, 0.2) is 0 Å². The van der Waals surface area contributed by atoms with Crippen molar-refractivity contribution >= 4 is 0 Å². The Hall–Kier alpha value is -0.890. The molecule has 0 aliphatic heterocycles. The van der Waals surface area contributed by atoms with Crippen LogP contribution in [0.15, 0.2) is 12.1 Å². The molecule has 0 saturated carbocycles. The van der Waals surface area contributed by atoms with E-state index in [2.05, 4.69) is 0 Å². The first-order valence-corrected chi connectivity index (χ1v) is 4.73. The number of aryl methyl sites for hydroxylation is 1. The minimum Gasteiger partial charge on any atom is -0.324 e. The summed E-state index contributed by atoms with van der Waals surface area (Å²) in [4.78, 5) is 0. The lowest BCUT2D eigenvalue weighted by Gasteiger charge is -2.23. The maximum absolute atomic E-state index is 13.4. The highest BCUT2D eigenvalue weighted by molar-refractivity contribution is 5.36. The molecule has 0 heterocycles. The lowest BCUT2D eigenvalue weighted by molar-refractivity contribution is 0.530. The van der Waals surface area contributed by atoms with Gasteiger partial charge in [-0.15, -0.1) is 0 Å². The lowest BCUT2D eigenvalue weighted by Crippen LogP contribution is -2.18. The van der Waals surface area contributed by atoms with Crippen LogP contribution in [-0.4, -0.2) is 0 Å². The SMILES string of the molecule is Cc1cc(F)c2c(c1)[C@H](N)CCC2. The highest BCUT2D eigenvalue weighted by Crippen LogP contribution is 2.30. The molecule has 1 aliphatic rings. The maximum Gasteiger partial charge on any atom is 0.126 e. The molecule has 0 bridgehead atoms. The highest BCUT2D eigenvalue weighted by Gasteiger charge is 2.19. The van der Waals surface area contributed by atoms with E-state index in [0.29, 0.717) is 0 Å². The summed E-state index contributed by atoms with van der Waals surface area (Å²) < 4.78 is 13.4. The molecule has 1 atom stereocenters. The van der Waals surface area contributed by atoms with Crippen molar-refractivity contribution < 1.29 is 4.39 Å². The maximum atomic E-state index is 13.4. The van der Waals surface area contributed by atoms with E-state index in [9.17, 15) is 4.39 Å². The summed E-state index contributed by atoms with van der Waals surface area (Å²) in [5.74, 6) is -0.0786. The Balaban J connectivity index is 2.56. The fourth-order valence-corrected chi connectivity index (χ4v) is 2.05. The summed E-state index contributed by atoms with van der Waals surface area (Å²) in [6, 6.07) is 3.65. The van der Waals surface area contributed by atoms with E-state index in [0.717, 1.165) is 36.0 Å². The van der Waals surface area contributed by atoms with E-state index in [4.69, 9.17) is 5.73 Å². The quantitative estimate of drug-likeness (QED) is 0.650. The van der Waals surface area contributed by atoms with Crippen molar-refractivity contribution in [3.8, 4) is 0 Å². The van der Waals surface area contributed by atoms with Gasteiger partial charge in [0.2, 0.25) is 0 Å². The molecular formula is C11H14FN. The molecule has 2 rings (SSSR count). The molecule has 0 saturated heterocycles. The van der Waals surface area contributed by atoms with Crippen LogP contribution in [-0.2, 0) is 6.42 Å². The summed E-state index contributed by atoms with van der Waals surface area (Å²) in [5, 5.41) is 0. The Kier molecular flexibility index (Phi) is 2.08. The number of benzene rings is 1. The third kappa shape index (κ3) is 1.46. The number of halogens is 1. The number of hydrogen-bond donors (Lipinski definition) is 1. The number of rotatable bonds is 0. The van der Waals surface area contributed by atoms with Crippen molar-refractivity contribution in [2.45, 2.75) is 32.2 Å². The van der Waals surface area contributed by atoms with Crippen LogP contribution in [0.5, 0.6) is 0 Å². The standard InChI is InChI=1S/C11H14FN/c1-7-5-9-8(10(12)6-7)3-2-4-11(9)13/h5-6,11H,2-4,13H2,1H3/t11-/m1/s1. The Bertz CT molecular complexity index is 333. The van der Waals surface area contributed by atoms with E-state index < -0.39 is 0 Å². The van der Waals surface area contributed by atoms with Crippen LogP contribution in [0.3, 0.4) is 0 Å². The Morgan fingerprint density at radius 1 is 1.46 bits per heavy atom. The summed E-state index contributed by atoms with van der Waals surface area (Å²) in [7, 11) is 0. The smallest absolute Gasteiger partial charge is 0.126 e. The third-order valence-electron chi connectivity index (χ3n) is 2.72. The molecule has 1 aliphatic carbocycles. The van der Waals surface area contributed by atoms with Crippen molar-refractivity contribution in [1.29, 1.82) is 0 Å². The van der Waals surface area contributed by atoms with Crippen molar-refractivity contribution in [1.82, 2.24) is 0 Å². The van der Waals surface area contributed by atoms with Gasteiger partial charge in [-0.2, -0.15) is 0 Å². The van der Waals surface area contributed by atoms with E-state index in [-0.39, 0.29) is 11.9 Å². The van der Waals surface area contributed by atoms with Crippen LogP contribution in [0, 0.1) is 12.7 Å². The second-order valence-corrected chi connectivity index (χ2v) is 3.81. The van der Waals surface area contributed by atoms with Crippen molar-refractivity contribution in [2.75, 3.05) is 0 Å². The van der Waals surface area contributed by atoms with Crippen LogP contribution in [0.1, 0.15) is 35.6 Å². The van der Waals surface area contributed by atoms with Gasteiger partial charge < -0.3 is 5.73 Å². The summed E-state index contributed by atoms with van der Waals surface area (Å²) >= 11 is 0. The van der Waals surface area contributed by atoms with Gasteiger partial charge in [0.25, 0.3) is 0 Å². The van der Waals surface area contributed by atoms with Gasteiger partial charge in [0.05, 0.1) is 0 Å². The van der Waals surface area contributed by atoms with Crippen LogP contribution in [0.4, 0.5) is 4.39 Å². The van der Waals surface area contributed by atoms with Crippen molar-refractivity contribution in [2.24, 2.45) is 5.73 Å². The molecule has 0 amide bonds. The zero-order chi connectivity index (χ0) is 9.42. The molecule has 1 aromatic rings. The van der Waals surface area contributed by atoms with Gasteiger partial charge in [-0.3, -0.25) is 0 Å². The van der Waals surface area contributed by atoms with Crippen molar-refractivity contribution in [3.05, 3.63) is 34.6 Å². The summed E-state index contributed by atoms with van der Waals surface area (Å²) in [6.45, 7) is 1.91. The molecule has 1 nitrogen and oxygen atoms in total. The zero-order valence-electron chi connectivity index (χ0n) is 7.81. The monoisotopic (exact) mass is 179 g/mol. The molecule has 2 N–H and O–H groups in total. The van der Waals surface area contributed by atoms with Gasteiger partial charge in [-0.25, -0.2) is 4.39 Å². The first-order chi connectivity index (χ1) is 6.18. The molecule has 13 heavy (non-hydrogen) atoms.